The van der Waals surface area contributed by atoms with E-state index in [0.717, 1.165) is 61.3 Å². The lowest BCUT2D eigenvalue weighted by Gasteiger charge is -2.26. The van der Waals surface area contributed by atoms with Crippen LogP contribution in [0.3, 0.4) is 0 Å². The standard InChI is InChI=1S/C60H40N2O/c1-3-14-41(15-4-1)43-28-30-44(31-29-43)46-34-38-49(39-35-46)61(48-36-32-45(33-37-48)42-16-5-2-6-17-42)50-19-11-18-47(40-50)51-22-12-24-55-59(51)52-20-7-9-23-54(52)62(55)56-25-13-27-58-60(56)53-21-8-10-26-57(53)63-58/h1-40H. The van der Waals surface area contributed by atoms with Crippen LogP contribution in [0.15, 0.2) is 247 Å². The number of para-hydroxylation sites is 2. The molecule has 0 atom stereocenters. The van der Waals surface area contributed by atoms with Crippen molar-refractivity contribution in [3.05, 3.63) is 243 Å². The van der Waals surface area contributed by atoms with Gasteiger partial charge in [-0.15, -0.1) is 0 Å². The lowest BCUT2D eigenvalue weighted by atomic mass is 9.98. The molecule has 0 radical (unpaired) electrons. The first kappa shape index (κ1) is 36.5. The van der Waals surface area contributed by atoms with Crippen molar-refractivity contribution in [1.29, 1.82) is 0 Å². The lowest BCUT2D eigenvalue weighted by Crippen LogP contribution is -2.10. The van der Waals surface area contributed by atoms with Crippen LogP contribution in [-0.4, -0.2) is 4.57 Å². The topological polar surface area (TPSA) is 21.3 Å². The van der Waals surface area contributed by atoms with Crippen LogP contribution in [-0.2, 0) is 0 Å². The molecule has 0 aliphatic rings. The number of aromatic nitrogens is 1. The molecule has 0 spiro atoms. The van der Waals surface area contributed by atoms with Crippen molar-refractivity contribution in [2.75, 3.05) is 4.90 Å². The third-order valence-electron chi connectivity index (χ3n) is 12.4. The van der Waals surface area contributed by atoms with Crippen molar-refractivity contribution in [2.45, 2.75) is 0 Å². The molecule has 0 amide bonds. The van der Waals surface area contributed by atoms with Gasteiger partial charge in [-0.05, 0) is 111 Å². The maximum Gasteiger partial charge on any atom is 0.137 e. The molecule has 0 fully saturated rings. The zero-order chi connectivity index (χ0) is 41.7. The molecule has 0 aliphatic heterocycles. The Bertz CT molecular complexity index is 3580. The van der Waals surface area contributed by atoms with Gasteiger partial charge < -0.3 is 13.9 Å². The van der Waals surface area contributed by atoms with E-state index in [1.165, 1.54) is 49.7 Å². The highest BCUT2D eigenvalue weighted by Gasteiger charge is 2.21. The Hall–Kier alpha value is -8.40. The summed E-state index contributed by atoms with van der Waals surface area (Å²) in [5.74, 6) is 0. The molecule has 3 nitrogen and oxygen atoms in total. The second-order valence-electron chi connectivity index (χ2n) is 16.1. The number of hydrogen-bond acceptors (Lipinski definition) is 2. The summed E-state index contributed by atoms with van der Waals surface area (Å²) >= 11 is 0. The Balaban J connectivity index is 0.983. The van der Waals surface area contributed by atoms with Crippen LogP contribution >= 0.6 is 0 Å². The lowest BCUT2D eigenvalue weighted by molar-refractivity contribution is 0.669. The van der Waals surface area contributed by atoms with E-state index < -0.39 is 0 Å². The first-order valence-electron chi connectivity index (χ1n) is 21.5. The van der Waals surface area contributed by atoms with Gasteiger partial charge in [0.25, 0.3) is 0 Å². The summed E-state index contributed by atoms with van der Waals surface area (Å²) in [6, 6.07) is 87.1. The summed E-state index contributed by atoms with van der Waals surface area (Å²) < 4.78 is 8.79. The summed E-state index contributed by atoms with van der Waals surface area (Å²) in [6.07, 6.45) is 0. The third-order valence-corrected chi connectivity index (χ3v) is 12.4. The first-order chi connectivity index (χ1) is 31.2. The first-order valence-corrected chi connectivity index (χ1v) is 21.5. The molecule has 0 unspecified atom stereocenters. The Kier molecular flexibility index (Phi) is 8.83. The maximum absolute atomic E-state index is 6.38. The van der Waals surface area contributed by atoms with Gasteiger partial charge in [0.15, 0.2) is 0 Å². The number of benzene rings is 10. The van der Waals surface area contributed by atoms with Gasteiger partial charge in [-0.1, -0.05) is 176 Å². The second kappa shape index (κ2) is 15.3. The molecular weight excluding hydrogens is 765 g/mol. The second-order valence-corrected chi connectivity index (χ2v) is 16.1. The summed E-state index contributed by atoms with van der Waals surface area (Å²) in [5.41, 5.74) is 17.9. The van der Waals surface area contributed by atoms with Crippen molar-refractivity contribution in [2.24, 2.45) is 0 Å². The van der Waals surface area contributed by atoms with Crippen LogP contribution in [0, 0.1) is 0 Å². The van der Waals surface area contributed by atoms with Gasteiger partial charge in [-0.25, -0.2) is 0 Å². The fourth-order valence-corrected chi connectivity index (χ4v) is 9.44. The molecule has 0 aliphatic carbocycles. The molecule has 0 saturated carbocycles. The van der Waals surface area contributed by atoms with E-state index in [0.29, 0.717) is 0 Å². The van der Waals surface area contributed by atoms with E-state index in [1.54, 1.807) is 0 Å². The molecule has 2 aromatic heterocycles. The quantitative estimate of drug-likeness (QED) is 0.153. The van der Waals surface area contributed by atoms with E-state index >= 15 is 0 Å². The van der Waals surface area contributed by atoms with Gasteiger partial charge in [-0.3, -0.25) is 0 Å². The number of rotatable bonds is 8. The molecule has 3 heteroatoms. The van der Waals surface area contributed by atoms with Gasteiger partial charge in [0, 0.05) is 33.2 Å². The number of anilines is 3. The van der Waals surface area contributed by atoms with E-state index in [-0.39, 0.29) is 0 Å². The van der Waals surface area contributed by atoms with Gasteiger partial charge in [-0.2, -0.15) is 0 Å². The Morgan fingerprint density at radius 1 is 0.302 bits per heavy atom. The summed E-state index contributed by atoms with van der Waals surface area (Å²) in [7, 11) is 0. The molecular formula is C60H40N2O. The minimum absolute atomic E-state index is 0.884. The van der Waals surface area contributed by atoms with E-state index in [2.05, 4.69) is 246 Å². The van der Waals surface area contributed by atoms with Crippen LogP contribution in [0.2, 0.25) is 0 Å². The Labute approximate surface area is 366 Å². The van der Waals surface area contributed by atoms with Gasteiger partial charge in [0.2, 0.25) is 0 Å². The van der Waals surface area contributed by atoms with Crippen molar-refractivity contribution in [3.8, 4) is 50.2 Å². The fraction of sp³-hybridized carbons (Fsp3) is 0. The minimum atomic E-state index is 0.884. The van der Waals surface area contributed by atoms with Crippen LogP contribution in [0.25, 0.3) is 93.9 Å². The number of fused-ring (bicyclic) bond motifs is 6. The van der Waals surface area contributed by atoms with Gasteiger partial charge >= 0.3 is 0 Å². The van der Waals surface area contributed by atoms with Crippen molar-refractivity contribution in [3.63, 3.8) is 0 Å². The predicted molar refractivity (Wildman–Crippen MR) is 264 cm³/mol. The largest absolute Gasteiger partial charge is 0.456 e. The summed E-state index contributed by atoms with van der Waals surface area (Å²) in [6.45, 7) is 0. The Morgan fingerprint density at radius 3 is 1.43 bits per heavy atom. The maximum atomic E-state index is 6.38. The molecule has 12 rings (SSSR count). The molecule has 0 N–H and O–H groups in total. The van der Waals surface area contributed by atoms with E-state index in [4.69, 9.17) is 4.42 Å². The van der Waals surface area contributed by atoms with Crippen LogP contribution in [0.5, 0.6) is 0 Å². The number of nitrogens with zero attached hydrogens (tertiary/aromatic N) is 2. The molecule has 63 heavy (non-hydrogen) atoms. The average Bonchev–Trinajstić information content (AvgIpc) is 3.92. The van der Waals surface area contributed by atoms with Gasteiger partial charge in [0.05, 0.1) is 22.1 Å². The smallest absolute Gasteiger partial charge is 0.137 e. The predicted octanol–water partition coefficient (Wildman–Crippen LogP) is 16.8. The van der Waals surface area contributed by atoms with E-state index in [9.17, 15) is 0 Å². The Morgan fingerprint density at radius 2 is 0.778 bits per heavy atom. The summed E-state index contributed by atoms with van der Waals surface area (Å²) in [5, 5.41) is 4.66. The van der Waals surface area contributed by atoms with Crippen molar-refractivity contribution < 1.29 is 4.42 Å². The molecule has 0 bridgehead atoms. The highest BCUT2D eigenvalue weighted by atomic mass is 16.3. The third kappa shape index (κ3) is 6.38. The van der Waals surface area contributed by atoms with Crippen LogP contribution in [0.1, 0.15) is 0 Å². The van der Waals surface area contributed by atoms with Crippen molar-refractivity contribution in [1.82, 2.24) is 4.57 Å². The molecule has 2 heterocycles. The zero-order valence-corrected chi connectivity index (χ0v) is 34.4. The zero-order valence-electron chi connectivity index (χ0n) is 34.4. The highest BCUT2D eigenvalue weighted by Crippen LogP contribution is 2.44. The van der Waals surface area contributed by atoms with Crippen molar-refractivity contribution >= 4 is 60.8 Å². The molecule has 296 valence electrons. The summed E-state index contributed by atoms with van der Waals surface area (Å²) in [4.78, 5) is 2.37. The normalized spacial score (nSPS) is 11.5. The van der Waals surface area contributed by atoms with Gasteiger partial charge in [0.1, 0.15) is 11.2 Å². The molecule has 10 aromatic carbocycles. The van der Waals surface area contributed by atoms with Crippen LogP contribution in [0.4, 0.5) is 17.1 Å². The fourth-order valence-electron chi connectivity index (χ4n) is 9.44. The SMILES string of the molecule is c1ccc(-c2ccc(-c3ccc(N(c4ccc(-c5ccccc5)cc4)c4cccc(-c5cccc6c5c5ccccc5n6-c5cccc6oc7ccccc7c56)c4)cc3)cc2)cc1. The number of furan rings is 1. The molecule has 12 aromatic rings. The minimum Gasteiger partial charge on any atom is -0.456 e. The van der Waals surface area contributed by atoms with E-state index in [1.807, 2.05) is 6.07 Å². The van der Waals surface area contributed by atoms with Crippen LogP contribution < -0.4 is 4.90 Å². The highest BCUT2D eigenvalue weighted by molar-refractivity contribution is 6.18. The average molecular weight is 805 g/mol. The monoisotopic (exact) mass is 804 g/mol. The molecule has 0 saturated heterocycles. The number of hydrogen-bond donors (Lipinski definition) is 0.